The van der Waals surface area contributed by atoms with Crippen molar-refractivity contribution in [2.75, 3.05) is 20.1 Å². The Bertz CT molecular complexity index is 633. The minimum absolute atomic E-state index is 0. The summed E-state index contributed by atoms with van der Waals surface area (Å²) in [6, 6.07) is 0. The molecule has 2 aliphatic rings. The van der Waals surface area contributed by atoms with Crippen LogP contribution in [-0.2, 0) is 19.4 Å². The molecule has 1 aliphatic carbocycles. The zero-order valence-electron chi connectivity index (χ0n) is 18.7. The van der Waals surface area contributed by atoms with Gasteiger partial charge in [-0.2, -0.15) is 0 Å². The van der Waals surface area contributed by atoms with Gasteiger partial charge in [0.1, 0.15) is 11.6 Å². The van der Waals surface area contributed by atoms with Gasteiger partial charge in [-0.1, -0.05) is 33.1 Å². The highest BCUT2D eigenvalue weighted by atomic mass is 127. The molecule has 0 radical (unpaired) electrons. The van der Waals surface area contributed by atoms with E-state index in [1.54, 1.807) is 0 Å². The van der Waals surface area contributed by atoms with Gasteiger partial charge in [0.05, 0.1) is 0 Å². The molecule has 2 N–H and O–H groups in total. The van der Waals surface area contributed by atoms with E-state index in [1.807, 2.05) is 7.05 Å². The Morgan fingerprint density at radius 1 is 1.10 bits per heavy atom. The molecule has 1 aliphatic heterocycles. The molecule has 29 heavy (non-hydrogen) atoms. The van der Waals surface area contributed by atoms with Crippen LogP contribution in [0.25, 0.3) is 0 Å². The van der Waals surface area contributed by atoms with Crippen molar-refractivity contribution in [2.24, 2.45) is 16.3 Å². The summed E-state index contributed by atoms with van der Waals surface area (Å²) in [7, 11) is 1.87. The predicted octanol–water partition coefficient (Wildman–Crippen LogP) is 4.33. The number of halogens is 1. The van der Waals surface area contributed by atoms with E-state index in [4.69, 9.17) is 0 Å². The van der Waals surface area contributed by atoms with E-state index in [0.717, 1.165) is 56.6 Å². The molecular weight excluding hydrogens is 475 g/mol. The topological polar surface area (TPSA) is 67.1 Å². The van der Waals surface area contributed by atoms with Gasteiger partial charge in [-0.05, 0) is 49.9 Å². The molecule has 0 bridgehead atoms. The smallest absolute Gasteiger partial charge is 0.190 e. The number of rotatable bonds is 8. The number of fused-ring (bicyclic) bond motifs is 1. The Morgan fingerprint density at radius 2 is 1.90 bits per heavy atom. The summed E-state index contributed by atoms with van der Waals surface area (Å²) >= 11 is 0. The molecule has 0 spiro atoms. The molecule has 0 saturated heterocycles. The number of guanidine groups is 1. The van der Waals surface area contributed by atoms with Gasteiger partial charge < -0.3 is 15.2 Å². The predicted molar refractivity (Wildman–Crippen MR) is 131 cm³/mol. The molecule has 2 heterocycles. The van der Waals surface area contributed by atoms with Crippen molar-refractivity contribution in [1.82, 2.24) is 25.4 Å². The molecule has 0 amide bonds. The third-order valence-corrected chi connectivity index (χ3v) is 6.42. The van der Waals surface area contributed by atoms with Crippen molar-refractivity contribution >= 4 is 29.9 Å². The molecule has 1 saturated carbocycles. The first-order valence-corrected chi connectivity index (χ1v) is 11.5. The van der Waals surface area contributed by atoms with Crippen LogP contribution in [0.2, 0.25) is 0 Å². The summed E-state index contributed by atoms with van der Waals surface area (Å²) in [6.07, 6.45) is 13.7. The Kier molecular flexibility index (Phi) is 10.2. The summed E-state index contributed by atoms with van der Waals surface area (Å²) in [4.78, 5) is 4.44. The van der Waals surface area contributed by atoms with Gasteiger partial charge >= 0.3 is 0 Å². The first kappa shape index (κ1) is 24.4. The van der Waals surface area contributed by atoms with Crippen molar-refractivity contribution in [1.29, 1.82) is 0 Å². The lowest BCUT2D eigenvalue weighted by Gasteiger charge is -2.31. The lowest BCUT2D eigenvalue weighted by molar-refractivity contribution is 0.235. The van der Waals surface area contributed by atoms with Crippen LogP contribution >= 0.6 is 24.0 Å². The summed E-state index contributed by atoms with van der Waals surface area (Å²) in [6.45, 7) is 7.74. The summed E-state index contributed by atoms with van der Waals surface area (Å²) in [5.41, 5.74) is 0.463. The van der Waals surface area contributed by atoms with Gasteiger partial charge in [-0.3, -0.25) is 4.99 Å². The molecule has 0 unspecified atom stereocenters. The summed E-state index contributed by atoms with van der Waals surface area (Å²) in [5.74, 6) is 4.04. The van der Waals surface area contributed by atoms with Crippen LogP contribution in [-0.4, -0.2) is 40.9 Å². The number of aliphatic imine (C=N–C) groups is 1. The highest BCUT2D eigenvalue weighted by Gasteiger charge is 2.34. The van der Waals surface area contributed by atoms with Crippen LogP contribution in [0.5, 0.6) is 0 Å². The molecule has 6 nitrogen and oxygen atoms in total. The van der Waals surface area contributed by atoms with Gasteiger partial charge in [0.15, 0.2) is 5.96 Å². The quantitative estimate of drug-likeness (QED) is 0.234. The van der Waals surface area contributed by atoms with Crippen LogP contribution in [0.3, 0.4) is 0 Å². The molecule has 0 aromatic carbocycles. The summed E-state index contributed by atoms with van der Waals surface area (Å²) in [5, 5.41) is 16.0. The van der Waals surface area contributed by atoms with E-state index in [2.05, 4.69) is 44.2 Å². The van der Waals surface area contributed by atoms with E-state index >= 15 is 0 Å². The van der Waals surface area contributed by atoms with E-state index in [1.165, 1.54) is 57.2 Å². The normalized spacial score (nSPS) is 18.8. The monoisotopic (exact) mass is 516 g/mol. The lowest BCUT2D eigenvalue weighted by Crippen LogP contribution is -2.43. The lowest BCUT2D eigenvalue weighted by atomic mass is 9.78. The summed E-state index contributed by atoms with van der Waals surface area (Å²) < 4.78 is 2.36. The Hall–Kier alpha value is -0.860. The van der Waals surface area contributed by atoms with Crippen molar-refractivity contribution in [3.05, 3.63) is 11.6 Å². The number of hydrogen-bond acceptors (Lipinski definition) is 3. The maximum absolute atomic E-state index is 4.44. The third kappa shape index (κ3) is 7.10. The van der Waals surface area contributed by atoms with Crippen LogP contribution in [0.4, 0.5) is 0 Å². The van der Waals surface area contributed by atoms with E-state index in [9.17, 15) is 0 Å². The highest BCUT2D eigenvalue weighted by molar-refractivity contribution is 14.0. The molecule has 3 rings (SSSR count). The minimum atomic E-state index is 0. The molecule has 1 aromatic heterocycles. The van der Waals surface area contributed by atoms with Gasteiger partial charge in [0.25, 0.3) is 0 Å². The maximum atomic E-state index is 4.44. The van der Waals surface area contributed by atoms with E-state index < -0.39 is 0 Å². The number of aryl methyl sites for hydroxylation is 2. The van der Waals surface area contributed by atoms with Gasteiger partial charge in [-0.25, -0.2) is 0 Å². The fourth-order valence-electron chi connectivity index (χ4n) is 5.12. The Balaban J connectivity index is 0.00000300. The number of nitrogens with zero attached hydrogens (tertiary/aromatic N) is 4. The van der Waals surface area contributed by atoms with Crippen LogP contribution < -0.4 is 10.6 Å². The maximum Gasteiger partial charge on any atom is 0.190 e. The molecule has 166 valence electrons. The molecule has 0 atom stereocenters. The van der Waals surface area contributed by atoms with Crippen molar-refractivity contribution in [3.63, 3.8) is 0 Å². The standard InChI is InChI=1S/C22H40N6.HI/c1-18(2)16-22(12-6-7-13-22)17-25-21(23-3)24-14-9-11-20-27-26-19-10-5-4-8-15-28(19)20;/h18H,4-17H2,1-3H3,(H2,23,24,25);1H. The third-order valence-electron chi connectivity index (χ3n) is 6.42. The Morgan fingerprint density at radius 3 is 2.62 bits per heavy atom. The second kappa shape index (κ2) is 12.1. The largest absolute Gasteiger partial charge is 0.356 e. The van der Waals surface area contributed by atoms with Crippen molar-refractivity contribution in [2.45, 2.75) is 91.0 Å². The Labute approximate surface area is 194 Å². The fraction of sp³-hybridized carbons (Fsp3) is 0.864. The van der Waals surface area contributed by atoms with Crippen LogP contribution in [0.15, 0.2) is 4.99 Å². The average Bonchev–Trinajstić information content (AvgIpc) is 3.21. The number of nitrogens with one attached hydrogen (secondary N) is 2. The second-order valence-electron chi connectivity index (χ2n) is 9.26. The zero-order chi connectivity index (χ0) is 19.8. The average molecular weight is 517 g/mol. The van der Waals surface area contributed by atoms with Crippen LogP contribution in [0.1, 0.15) is 83.3 Å². The van der Waals surface area contributed by atoms with Crippen molar-refractivity contribution < 1.29 is 0 Å². The molecular formula is C22H41IN6. The zero-order valence-corrected chi connectivity index (χ0v) is 21.0. The second-order valence-corrected chi connectivity index (χ2v) is 9.26. The van der Waals surface area contributed by atoms with Crippen molar-refractivity contribution in [3.8, 4) is 0 Å². The van der Waals surface area contributed by atoms with Gasteiger partial charge in [0.2, 0.25) is 0 Å². The minimum Gasteiger partial charge on any atom is -0.356 e. The molecule has 1 fully saturated rings. The SMILES string of the molecule is CN=C(NCCCc1nnc2n1CCCCC2)NCC1(CC(C)C)CCCC1.I. The van der Waals surface area contributed by atoms with E-state index in [0.29, 0.717) is 5.41 Å². The number of hydrogen-bond donors (Lipinski definition) is 2. The van der Waals surface area contributed by atoms with Crippen LogP contribution in [0, 0.1) is 11.3 Å². The molecule has 1 aromatic rings. The van der Waals surface area contributed by atoms with Gasteiger partial charge in [-0.15, -0.1) is 34.2 Å². The number of aromatic nitrogens is 3. The first-order valence-electron chi connectivity index (χ1n) is 11.5. The first-order chi connectivity index (χ1) is 13.6. The fourth-order valence-corrected chi connectivity index (χ4v) is 5.12. The molecule has 7 heteroatoms. The van der Waals surface area contributed by atoms with E-state index in [-0.39, 0.29) is 24.0 Å². The van der Waals surface area contributed by atoms with Gasteiger partial charge in [0, 0.05) is 39.5 Å². The highest BCUT2D eigenvalue weighted by Crippen LogP contribution is 2.42.